The van der Waals surface area contributed by atoms with Crippen LogP contribution in [0.25, 0.3) is 33.2 Å². The number of phenolic OH excluding ortho intramolecular Hbond substituents is 1. The van der Waals surface area contributed by atoms with E-state index in [1.807, 2.05) is 44.2 Å². The minimum absolute atomic E-state index is 0.0859. The Balaban J connectivity index is 1.98. The predicted molar refractivity (Wildman–Crippen MR) is 148 cm³/mol. The van der Waals surface area contributed by atoms with E-state index in [1.54, 1.807) is 36.3 Å². The lowest BCUT2D eigenvalue weighted by Crippen LogP contribution is -2.38. The molecule has 8 heteroatoms. The lowest BCUT2D eigenvalue weighted by Gasteiger charge is -2.23. The van der Waals surface area contributed by atoms with Crippen molar-refractivity contribution in [2.75, 3.05) is 13.6 Å². The van der Waals surface area contributed by atoms with Gasteiger partial charge in [0.1, 0.15) is 5.75 Å². The van der Waals surface area contributed by atoms with Crippen LogP contribution in [0, 0.1) is 6.92 Å². The minimum atomic E-state index is -0.650. The number of primary amides is 1. The number of aromatic nitrogens is 1. The summed E-state index contributed by atoms with van der Waals surface area (Å²) in [4.78, 5) is 31.9. The van der Waals surface area contributed by atoms with Crippen molar-refractivity contribution in [1.82, 2.24) is 9.88 Å². The first kappa shape index (κ1) is 26.1. The number of hydrogen-bond donors (Lipinski definition) is 3. The molecule has 0 aliphatic heterocycles. The highest BCUT2D eigenvalue weighted by Gasteiger charge is 2.23. The summed E-state index contributed by atoms with van der Waals surface area (Å²) in [6.45, 7) is 4.31. The molecule has 4 rings (SSSR count). The lowest BCUT2D eigenvalue weighted by atomic mass is 9.93. The Bertz CT molecular complexity index is 1500. The Morgan fingerprint density at radius 3 is 2.49 bits per heavy atom. The summed E-state index contributed by atoms with van der Waals surface area (Å²) >= 11 is 6.37. The van der Waals surface area contributed by atoms with Gasteiger partial charge in [-0.05, 0) is 78.1 Å². The third kappa shape index (κ3) is 5.58. The fourth-order valence-corrected chi connectivity index (χ4v) is 4.68. The van der Waals surface area contributed by atoms with Crippen LogP contribution in [0.4, 0.5) is 0 Å². The largest absolute Gasteiger partial charge is 0.508 e. The molecule has 1 aromatic heterocycles. The molecule has 0 aliphatic carbocycles. The van der Waals surface area contributed by atoms with Gasteiger partial charge in [0.15, 0.2) is 0 Å². The van der Waals surface area contributed by atoms with E-state index < -0.39 is 5.91 Å². The van der Waals surface area contributed by atoms with Crippen molar-refractivity contribution < 1.29 is 14.7 Å². The maximum absolute atomic E-state index is 13.9. The number of carbonyl (C=O) groups is 2. The second-order valence-electron chi connectivity index (χ2n) is 9.28. The summed E-state index contributed by atoms with van der Waals surface area (Å²) in [6, 6.07) is 15.4. The molecule has 0 spiro atoms. The zero-order valence-corrected chi connectivity index (χ0v) is 21.7. The van der Waals surface area contributed by atoms with Crippen molar-refractivity contribution in [2.24, 2.45) is 11.5 Å². The Labute approximate surface area is 220 Å². The van der Waals surface area contributed by atoms with E-state index in [4.69, 9.17) is 23.1 Å². The van der Waals surface area contributed by atoms with E-state index in [0.29, 0.717) is 44.7 Å². The summed E-state index contributed by atoms with van der Waals surface area (Å²) in [5, 5.41) is 11.4. The van der Waals surface area contributed by atoms with Crippen molar-refractivity contribution in [2.45, 2.75) is 26.3 Å². The number of fused-ring (bicyclic) bond motifs is 1. The van der Waals surface area contributed by atoms with Crippen molar-refractivity contribution in [3.8, 4) is 28.0 Å². The fraction of sp³-hybridized carbons (Fsp3) is 0.207. The molecule has 5 N–H and O–H groups in total. The number of halogens is 1. The number of carbonyl (C=O) groups excluding carboxylic acids is 2. The average Bonchev–Trinajstić information content (AvgIpc) is 2.86. The smallest absolute Gasteiger partial charge is 0.255 e. The topological polar surface area (TPSA) is 123 Å². The molecular weight excluding hydrogens is 488 g/mol. The summed E-state index contributed by atoms with van der Waals surface area (Å²) in [5.74, 6) is -0.935. The zero-order chi connectivity index (χ0) is 26.9. The van der Waals surface area contributed by atoms with E-state index in [2.05, 4.69) is 4.98 Å². The van der Waals surface area contributed by atoms with E-state index in [0.717, 1.165) is 17.5 Å². The molecule has 37 heavy (non-hydrogen) atoms. The van der Waals surface area contributed by atoms with Gasteiger partial charge in [-0.1, -0.05) is 30.7 Å². The number of phenols is 1. The van der Waals surface area contributed by atoms with Crippen molar-refractivity contribution in [3.63, 3.8) is 0 Å². The quantitative estimate of drug-likeness (QED) is 0.313. The highest BCUT2D eigenvalue weighted by atomic mass is 35.5. The highest BCUT2D eigenvalue weighted by molar-refractivity contribution is 6.31. The Morgan fingerprint density at radius 1 is 1.05 bits per heavy atom. The fourth-order valence-electron chi connectivity index (χ4n) is 4.39. The monoisotopic (exact) mass is 516 g/mol. The normalized spacial score (nSPS) is 11.9. The average molecular weight is 517 g/mol. The highest BCUT2D eigenvalue weighted by Crippen LogP contribution is 2.35. The maximum atomic E-state index is 13.9. The van der Waals surface area contributed by atoms with Crippen LogP contribution >= 0.6 is 11.6 Å². The number of benzene rings is 3. The van der Waals surface area contributed by atoms with Crippen LogP contribution in [-0.2, 0) is 0 Å². The molecule has 4 aromatic rings. The number of likely N-dealkylation sites (N-methyl/N-ethyl adjacent to an activating group) is 1. The SMILES string of the molecule is CC[C@H](N)CN(C)C(=O)c1c(-c2cc(C)cc(Cl)c2)cnc2ccc(-c3cc(O)cc(C(N)=O)c3)cc12. The number of nitrogens with zero attached hydrogens (tertiary/aromatic N) is 2. The standard InChI is InChI=1S/C29H29ClN4O3/c1-4-22(31)15-34(3)29(37)27-24-13-17(18-9-20(28(32)36)12-23(35)11-18)5-6-26(24)33-14-25(27)19-7-16(2)8-21(30)10-19/h5-14,22,35H,4,15,31H2,1-3H3,(H2,32,36)/t22-/m0/s1. The third-order valence-electron chi connectivity index (χ3n) is 6.35. The molecule has 0 saturated heterocycles. The second-order valence-corrected chi connectivity index (χ2v) is 9.72. The zero-order valence-electron chi connectivity index (χ0n) is 21.0. The van der Waals surface area contributed by atoms with E-state index in [-0.39, 0.29) is 23.3 Å². The van der Waals surface area contributed by atoms with E-state index >= 15 is 0 Å². The van der Waals surface area contributed by atoms with Crippen LogP contribution in [0.1, 0.15) is 39.6 Å². The summed E-state index contributed by atoms with van der Waals surface area (Å²) < 4.78 is 0. The molecule has 0 aliphatic rings. The van der Waals surface area contributed by atoms with Gasteiger partial charge >= 0.3 is 0 Å². The number of aromatic hydroxyl groups is 1. The Hall–Kier alpha value is -3.94. The van der Waals surface area contributed by atoms with Crippen LogP contribution in [0.5, 0.6) is 5.75 Å². The molecule has 0 unspecified atom stereocenters. The Kier molecular flexibility index (Phi) is 7.47. The number of hydrogen-bond acceptors (Lipinski definition) is 5. The summed E-state index contributed by atoms with van der Waals surface area (Å²) in [7, 11) is 1.73. The van der Waals surface area contributed by atoms with E-state index in [1.165, 1.54) is 6.07 Å². The molecule has 0 fully saturated rings. The second kappa shape index (κ2) is 10.6. The molecule has 0 bridgehead atoms. The van der Waals surface area contributed by atoms with E-state index in [9.17, 15) is 14.7 Å². The molecule has 190 valence electrons. The van der Waals surface area contributed by atoms with Gasteiger partial charge in [0.25, 0.3) is 5.91 Å². The van der Waals surface area contributed by atoms with Gasteiger partial charge in [0.05, 0.1) is 11.1 Å². The van der Waals surface area contributed by atoms with Gasteiger partial charge in [-0.15, -0.1) is 0 Å². The number of pyridine rings is 1. The first-order chi connectivity index (χ1) is 17.6. The number of nitrogens with two attached hydrogens (primary N) is 2. The predicted octanol–water partition coefficient (Wildman–Crippen LogP) is 5.14. The molecule has 0 radical (unpaired) electrons. The van der Waals surface area contributed by atoms with Gasteiger partial charge < -0.3 is 21.5 Å². The third-order valence-corrected chi connectivity index (χ3v) is 6.57. The van der Waals surface area contributed by atoms with Gasteiger partial charge in [0.2, 0.25) is 5.91 Å². The maximum Gasteiger partial charge on any atom is 0.255 e. The van der Waals surface area contributed by atoms with Gasteiger partial charge in [-0.3, -0.25) is 14.6 Å². The Morgan fingerprint density at radius 2 is 1.81 bits per heavy atom. The molecule has 1 atom stereocenters. The molecule has 7 nitrogen and oxygen atoms in total. The summed E-state index contributed by atoms with van der Waals surface area (Å²) in [5.41, 5.74) is 16.5. The number of amides is 2. The van der Waals surface area contributed by atoms with Gasteiger partial charge in [-0.2, -0.15) is 0 Å². The molecule has 2 amide bonds. The molecule has 3 aromatic carbocycles. The van der Waals surface area contributed by atoms with Crippen molar-refractivity contribution in [3.05, 3.63) is 82.5 Å². The molecule has 1 heterocycles. The first-order valence-electron chi connectivity index (χ1n) is 11.9. The van der Waals surface area contributed by atoms with Crippen molar-refractivity contribution in [1.29, 1.82) is 0 Å². The van der Waals surface area contributed by atoms with Crippen LogP contribution in [0.2, 0.25) is 5.02 Å². The van der Waals surface area contributed by atoms with Crippen LogP contribution in [0.15, 0.2) is 60.8 Å². The van der Waals surface area contributed by atoms with Crippen LogP contribution in [-0.4, -0.2) is 46.4 Å². The van der Waals surface area contributed by atoms with Gasteiger partial charge in [-0.25, -0.2) is 0 Å². The van der Waals surface area contributed by atoms with Crippen LogP contribution in [0.3, 0.4) is 0 Å². The lowest BCUT2D eigenvalue weighted by molar-refractivity contribution is 0.0788. The van der Waals surface area contributed by atoms with Crippen LogP contribution < -0.4 is 11.5 Å². The van der Waals surface area contributed by atoms with Gasteiger partial charge in [0, 0.05) is 47.4 Å². The summed E-state index contributed by atoms with van der Waals surface area (Å²) in [6.07, 6.45) is 2.42. The van der Waals surface area contributed by atoms with Crippen molar-refractivity contribution >= 4 is 34.3 Å². The molecule has 0 saturated carbocycles. The minimum Gasteiger partial charge on any atom is -0.508 e. The first-order valence-corrected chi connectivity index (χ1v) is 12.3. The number of rotatable bonds is 7. The molecular formula is C29H29ClN4O3. The number of aryl methyl sites for hydroxylation is 1.